The van der Waals surface area contributed by atoms with Gasteiger partial charge in [-0.15, -0.1) is 0 Å². The van der Waals surface area contributed by atoms with Crippen LogP contribution in [0.5, 0.6) is 17.2 Å². The van der Waals surface area contributed by atoms with Gasteiger partial charge in [0.2, 0.25) is 5.95 Å². The third-order valence-electron chi connectivity index (χ3n) is 3.88. The van der Waals surface area contributed by atoms with Gasteiger partial charge in [-0.05, 0) is 83.8 Å². The highest BCUT2D eigenvalue weighted by molar-refractivity contribution is 9.11. The van der Waals surface area contributed by atoms with E-state index in [0.717, 1.165) is 0 Å². The zero-order valence-corrected chi connectivity index (χ0v) is 20.3. The van der Waals surface area contributed by atoms with Crippen LogP contribution in [-0.2, 0) is 0 Å². The summed E-state index contributed by atoms with van der Waals surface area (Å²) in [4.78, 5) is 8.74. The third kappa shape index (κ3) is 4.63. The topological polar surface area (TPSA) is 114 Å². The SMILES string of the molecule is COc1cc(O)c(-c2nc(NC(N)=S)ncc2-c2cc(Br)c(O)c(Br)c2)cc1Br. The van der Waals surface area contributed by atoms with Crippen molar-refractivity contribution in [3.63, 3.8) is 0 Å². The van der Waals surface area contributed by atoms with E-state index in [0.29, 0.717) is 41.6 Å². The first kappa shape index (κ1) is 21.8. The van der Waals surface area contributed by atoms with Crippen molar-refractivity contribution in [3.05, 3.63) is 43.9 Å². The van der Waals surface area contributed by atoms with Crippen molar-refractivity contribution in [1.29, 1.82) is 0 Å². The van der Waals surface area contributed by atoms with E-state index in [-0.39, 0.29) is 22.6 Å². The predicted molar refractivity (Wildman–Crippen MR) is 126 cm³/mol. The van der Waals surface area contributed by atoms with Gasteiger partial charge < -0.3 is 26.0 Å². The van der Waals surface area contributed by atoms with Crippen LogP contribution in [0.1, 0.15) is 0 Å². The summed E-state index contributed by atoms with van der Waals surface area (Å²) in [6.07, 6.45) is 1.58. The minimum absolute atomic E-state index is 0.0129. The lowest BCUT2D eigenvalue weighted by molar-refractivity contribution is 0.405. The maximum absolute atomic E-state index is 10.6. The molecular weight excluding hydrogens is 592 g/mol. The normalized spacial score (nSPS) is 10.6. The first-order valence-electron chi connectivity index (χ1n) is 7.90. The molecule has 0 saturated carbocycles. The average molecular weight is 605 g/mol. The maximum atomic E-state index is 10.6. The minimum Gasteiger partial charge on any atom is -0.507 e. The molecule has 29 heavy (non-hydrogen) atoms. The number of rotatable bonds is 4. The molecule has 0 fully saturated rings. The number of methoxy groups -OCH3 is 1. The molecular formula is C18H13Br3N4O3S. The lowest BCUT2D eigenvalue weighted by Gasteiger charge is -2.15. The number of ether oxygens (including phenoxy) is 1. The van der Waals surface area contributed by atoms with Crippen LogP contribution in [0, 0.1) is 0 Å². The van der Waals surface area contributed by atoms with E-state index < -0.39 is 0 Å². The summed E-state index contributed by atoms with van der Waals surface area (Å²) >= 11 is 14.9. The fourth-order valence-corrected chi connectivity index (χ4v) is 4.36. The largest absolute Gasteiger partial charge is 0.507 e. The molecule has 0 aliphatic heterocycles. The van der Waals surface area contributed by atoms with Crippen LogP contribution >= 0.6 is 60.0 Å². The molecule has 11 heteroatoms. The molecule has 3 rings (SSSR count). The molecule has 7 nitrogen and oxygen atoms in total. The fraction of sp³-hybridized carbons (Fsp3) is 0.0556. The van der Waals surface area contributed by atoms with Gasteiger partial charge in [0.15, 0.2) is 5.11 Å². The first-order valence-corrected chi connectivity index (χ1v) is 10.7. The summed E-state index contributed by atoms with van der Waals surface area (Å²) in [7, 11) is 1.50. The Labute approximate surface area is 196 Å². The van der Waals surface area contributed by atoms with Crippen LogP contribution in [0.3, 0.4) is 0 Å². The van der Waals surface area contributed by atoms with Crippen molar-refractivity contribution in [1.82, 2.24) is 9.97 Å². The van der Waals surface area contributed by atoms with Gasteiger partial charge in [0.25, 0.3) is 0 Å². The van der Waals surface area contributed by atoms with E-state index in [9.17, 15) is 10.2 Å². The molecule has 1 aromatic heterocycles. The number of hydrogen-bond acceptors (Lipinski definition) is 6. The zero-order chi connectivity index (χ0) is 21.3. The monoisotopic (exact) mass is 602 g/mol. The molecule has 3 aromatic rings. The Balaban J connectivity index is 2.29. The Kier molecular flexibility index (Phi) is 6.62. The summed E-state index contributed by atoms with van der Waals surface area (Å²) in [6.45, 7) is 0. The molecule has 0 spiro atoms. The number of benzene rings is 2. The van der Waals surface area contributed by atoms with Crippen LogP contribution in [-0.4, -0.2) is 32.4 Å². The Morgan fingerprint density at radius 1 is 1.07 bits per heavy atom. The number of thiocarbonyl (C=S) groups is 1. The molecule has 0 saturated heterocycles. The summed E-state index contributed by atoms with van der Waals surface area (Å²) in [5.74, 6) is 0.680. The van der Waals surface area contributed by atoms with Crippen molar-refractivity contribution >= 4 is 71.1 Å². The van der Waals surface area contributed by atoms with Crippen LogP contribution in [0.25, 0.3) is 22.4 Å². The maximum Gasteiger partial charge on any atom is 0.229 e. The molecule has 0 unspecified atom stereocenters. The third-order valence-corrected chi connectivity index (χ3v) is 5.81. The second-order valence-electron chi connectivity index (χ2n) is 5.74. The van der Waals surface area contributed by atoms with E-state index >= 15 is 0 Å². The molecule has 0 bridgehead atoms. The predicted octanol–water partition coefficient (Wildman–Crippen LogP) is 5.17. The Hall–Kier alpha value is -1.95. The van der Waals surface area contributed by atoms with E-state index in [1.165, 1.54) is 13.2 Å². The van der Waals surface area contributed by atoms with Crippen LogP contribution in [0.2, 0.25) is 0 Å². The number of anilines is 1. The number of phenols is 2. The van der Waals surface area contributed by atoms with E-state index in [1.807, 2.05) is 0 Å². The van der Waals surface area contributed by atoms with E-state index in [2.05, 4.69) is 63.1 Å². The Morgan fingerprint density at radius 3 is 2.31 bits per heavy atom. The molecule has 150 valence electrons. The van der Waals surface area contributed by atoms with Crippen LogP contribution in [0.15, 0.2) is 43.9 Å². The summed E-state index contributed by atoms with van der Waals surface area (Å²) in [6, 6.07) is 6.61. The Bertz CT molecular complexity index is 1100. The number of hydrogen-bond donors (Lipinski definition) is 4. The second kappa shape index (κ2) is 8.82. The lowest BCUT2D eigenvalue weighted by Crippen LogP contribution is -2.20. The summed E-state index contributed by atoms with van der Waals surface area (Å²) in [5.41, 5.74) is 7.69. The number of nitrogens with zero attached hydrogens (tertiary/aromatic N) is 2. The van der Waals surface area contributed by atoms with Crippen molar-refractivity contribution in [2.24, 2.45) is 5.73 Å². The molecule has 0 amide bonds. The van der Waals surface area contributed by atoms with Gasteiger partial charge in [-0.25, -0.2) is 9.97 Å². The van der Waals surface area contributed by atoms with Gasteiger partial charge in [0.05, 0.1) is 26.2 Å². The van der Waals surface area contributed by atoms with Crippen molar-refractivity contribution in [2.45, 2.75) is 0 Å². The van der Waals surface area contributed by atoms with Gasteiger partial charge in [-0.2, -0.15) is 0 Å². The molecule has 0 aliphatic carbocycles. The van der Waals surface area contributed by atoms with Crippen LogP contribution < -0.4 is 15.8 Å². The van der Waals surface area contributed by atoms with Crippen LogP contribution in [0.4, 0.5) is 5.95 Å². The number of nitrogens with two attached hydrogens (primary N) is 1. The minimum atomic E-state index is -0.0387. The summed E-state index contributed by atoms with van der Waals surface area (Å²) < 4.78 is 6.83. The number of aromatic hydroxyl groups is 2. The molecule has 0 radical (unpaired) electrons. The molecule has 2 aromatic carbocycles. The second-order valence-corrected chi connectivity index (χ2v) is 8.74. The molecule has 5 N–H and O–H groups in total. The smallest absolute Gasteiger partial charge is 0.229 e. The van der Waals surface area contributed by atoms with Gasteiger partial charge in [0, 0.05) is 23.4 Å². The van der Waals surface area contributed by atoms with Crippen molar-refractivity contribution in [2.75, 3.05) is 12.4 Å². The Morgan fingerprint density at radius 2 is 1.72 bits per heavy atom. The van der Waals surface area contributed by atoms with Gasteiger partial charge in [-0.1, -0.05) is 0 Å². The molecule has 0 atom stereocenters. The highest BCUT2D eigenvalue weighted by Crippen LogP contribution is 2.43. The number of nitrogens with one attached hydrogen (secondary N) is 1. The van der Waals surface area contributed by atoms with Gasteiger partial charge in [-0.3, -0.25) is 0 Å². The zero-order valence-electron chi connectivity index (χ0n) is 14.7. The average Bonchev–Trinajstić information content (AvgIpc) is 2.66. The van der Waals surface area contributed by atoms with Gasteiger partial charge >= 0.3 is 0 Å². The fourth-order valence-electron chi connectivity index (χ4n) is 2.58. The number of aromatic nitrogens is 2. The van der Waals surface area contributed by atoms with Gasteiger partial charge in [0.1, 0.15) is 17.2 Å². The number of halogens is 3. The van der Waals surface area contributed by atoms with E-state index in [4.69, 9.17) is 22.7 Å². The highest BCUT2D eigenvalue weighted by atomic mass is 79.9. The highest BCUT2D eigenvalue weighted by Gasteiger charge is 2.19. The quantitative estimate of drug-likeness (QED) is 0.302. The van der Waals surface area contributed by atoms with Crippen molar-refractivity contribution < 1.29 is 14.9 Å². The van der Waals surface area contributed by atoms with Crippen molar-refractivity contribution in [3.8, 4) is 39.6 Å². The van der Waals surface area contributed by atoms with E-state index in [1.54, 1.807) is 24.4 Å². The molecule has 1 heterocycles. The number of phenolic OH excluding ortho intramolecular Hbond substituents is 2. The first-order chi connectivity index (χ1) is 13.7. The lowest BCUT2D eigenvalue weighted by atomic mass is 10.00. The summed E-state index contributed by atoms with van der Waals surface area (Å²) in [5, 5.41) is 23.3. The molecule has 0 aliphatic rings. The standard InChI is InChI=1S/C18H13Br3N4O3S/c1-28-14-5-13(26)8(4-10(14)19)15-9(6-23-18(24-15)25-17(22)29)7-2-11(20)16(27)12(21)3-7/h2-6,26-27H,1H3,(H3,22,23,24,25,29).